The molecule has 1 aromatic carbocycles. The number of nitrogens with zero attached hydrogens (tertiary/aromatic N) is 1. The first-order valence-corrected chi connectivity index (χ1v) is 9.99. The van der Waals surface area contributed by atoms with Gasteiger partial charge in [-0.25, -0.2) is 8.42 Å². The lowest BCUT2D eigenvalue weighted by Crippen LogP contribution is -2.46. The predicted molar refractivity (Wildman–Crippen MR) is 91.4 cm³/mol. The molecule has 0 radical (unpaired) electrons. The molecule has 5 nitrogen and oxygen atoms in total. The van der Waals surface area contributed by atoms with Gasteiger partial charge >= 0.3 is 0 Å². The summed E-state index contributed by atoms with van der Waals surface area (Å²) in [5, 5.41) is 3.32. The van der Waals surface area contributed by atoms with Crippen molar-refractivity contribution < 1.29 is 13.2 Å². The van der Waals surface area contributed by atoms with Crippen LogP contribution in [0.15, 0.2) is 29.2 Å². The summed E-state index contributed by atoms with van der Waals surface area (Å²) in [6.07, 6.45) is 2.85. The van der Waals surface area contributed by atoms with E-state index in [0.29, 0.717) is 5.56 Å². The van der Waals surface area contributed by atoms with E-state index in [1.165, 1.54) is 0 Å². The molecule has 2 rings (SSSR count). The minimum atomic E-state index is -3.22. The lowest BCUT2D eigenvalue weighted by molar-refractivity contribution is 0.0642. The molecule has 1 aromatic rings. The van der Waals surface area contributed by atoms with Crippen molar-refractivity contribution in [2.45, 2.75) is 44.0 Å². The van der Waals surface area contributed by atoms with Gasteiger partial charge in [0.1, 0.15) is 0 Å². The SMILES string of the molecule is CCCN(C(=O)c1ccc(S(=O)(=O)CC)cc1)C1CCNCC1. The number of nitrogens with one attached hydrogen (secondary N) is 1. The molecule has 0 saturated carbocycles. The Hall–Kier alpha value is -1.40. The Kier molecular flexibility index (Phi) is 6.18. The number of sulfone groups is 1. The van der Waals surface area contributed by atoms with Gasteiger partial charge in [-0.05, 0) is 56.6 Å². The van der Waals surface area contributed by atoms with Gasteiger partial charge in [-0.15, -0.1) is 0 Å². The Balaban J connectivity index is 2.19. The molecule has 6 heteroatoms. The van der Waals surface area contributed by atoms with Crippen molar-refractivity contribution in [3.05, 3.63) is 29.8 Å². The smallest absolute Gasteiger partial charge is 0.254 e. The second-order valence-electron chi connectivity index (χ2n) is 5.91. The van der Waals surface area contributed by atoms with E-state index in [9.17, 15) is 13.2 Å². The van der Waals surface area contributed by atoms with Gasteiger partial charge in [0.2, 0.25) is 0 Å². The van der Waals surface area contributed by atoms with E-state index in [1.807, 2.05) is 4.90 Å². The highest BCUT2D eigenvalue weighted by molar-refractivity contribution is 7.91. The molecule has 0 unspecified atom stereocenters. The number of rotatable bonds is 6. The van der Waals surface area contributed by atoms with Crippen LogP contribution in [0.5, 0.6) is 0 Å². The summed E-state index contributed by atoms with van der Waals surface area (Å²) in [4.78, 5) is 15.0. The fourth-order valence-corrected chi connectivity index (χ4v) is 3.83. The standard InChI is InChI=1S/C17H26N2O3S/c1-3-13-19(15-9-11-18-12-10-15)17(20)14-5-7-16(8-6-14)23(21,22)4-2/h5-8,15,18H,3-4,9-13H2,1-2H3. The molecule has 0 spiro atoms. The number of amides is 1. The van der Waals surface area contributed by atoms with Crippen LogP contribution < -0.4 is 5.32 Å². The molecule has 0 atom stereocenters. The second-order valence-corrected chi connectivity index (χ2v) is 8.19. The zero-order chi connectivity index (χ0) is 16.9. The van der Waals surface area contributed by atoms with Gasteiger partial charge in [0.25, 0.3) is 5.91 Å². The molecule has 0 aromatic heterocycles. The number of benzene rings is 1. The molecule has 0 bridgehead atoms. The Morgan fingerprint density at radius 1 is 1.17 bits per heavy atom. The maximum Gasteiger partial charge on any atom is 0.254 e. The average Bonchev–Trinajstić information content (AvgIpc) is 2.60. The number of carbonyl (C=O) groups excluding carboxylic acids is 1. The first-order chi connectivity index (χ1) is 11.0. The molecule has 0 aliphatic carbocycles. The van der Waals surface area contributed by atoms with Crippen LogP contribution in [0, 0.1) is 0 Å². The van der Waals surface area contributed by atoms with E-state index in [4.69, 9.17) is 0 Å². The van der Waals surface area contributed by atoms with Crippen molar-refractivity contribution in [3.63, 3.8) is 0 Å². The highest BCUT2D eigenvalue weighted by Gasteiger charge is 2.25. The molecule has 1 heterocycles. The Morgan fingerprint density at radius 2 is 1.78 bits per heavy atom. The minimum absolute atomic E-state index is 0.000744. The normalized spacial score (nSPS) is 16.3. The molecular formula is C17H26N2O3S. The molecule has 1 aliphatic heterocycles. The maximum atomic E-state index is 12.8. The van der Waals surface area contributed by atoms with Crippen LogP contribution in [0.2, 0.25) is 0 Å². The third kappa shape index (κ3) is 4.32. The summed E-state index contributed by atoms with van der Waals surface area (Å²) in [6.45, 7) is 6.29. The van der Waals surface area contributed by atoms with Crippen molar-refractivity contribution in [2.75, 3.05) is 25.4 Å². The van der Waals surface area contributed by atoms with Gasteiger partial charge in [0, 0.05) is 18.2 Å². The van der Waals surface area contributed by atoms with E-state index < -0.39 is 9.84 Å². The van der Waals surface area contributed by atoms with Crippen molar-refractivity contribution in [3.8, 4) is 0 Å². The number of carbonyl (C=O) groups is 1. The van der Waals surface area contributed by atoms with Gasteiger partial charge in [0.05, 0.1) is 10.6 Å². The first kappa shape index (κ1) is 17.9. The van der Waals surface area contributed by atoms with Crippen LogP contribution in [0.4, 0.5) is 0 Å². The summed E-state index contributed by atoms with van der Waals surface area (Å²) in [7, 11) is -3.22. The van der Waals surface area contributed by atoms with Crippen LogP contribution in [0.1, 0.15) is 43.5 Å². The molecule has 1 saturated heterocycles. The third-order valence-electron chi connectivity index (χ3n) is 4.32. The fourth-order valence-electron chi connectivity index (χ4n) is 2.95. The molecule has 1 aliphatic rings. The van der Waals surface area contributed by atoms with Crippen molar-refractivity contribution in [2.24, 2.45) is 0 Å². The third-order valence-corrected chi connectivity index (χ3v) is 6.07. The van der Waals surface area contributed by atoms with Gasteiger partial charge in [-0.1, -0.05) is 13.8 Å². The van der Waals surface area contributed by atoms with Crippen LogP contribution in [-0.4, -0.2) is 50.7 Å². The summed E-state index contributed by atoms with van der Waals surface area (Å²) in [6, 6.07) is 6.61. The van der Waals surface area contributed by atoms with Gasteiger partial charge < -0.3 is 10.2 Å². The van der Waals surface area contributed by atoms with Crippen LogP contribution >= 0.6 is 0 Å². The van der Waals surface area contributed by atoms with E-state index in [2.05, 4.69) is 12.2 Å². The zero-order valence-corrected chi connectivity index (χ0v) is 14.7. The van der Waals surface area contributed by atoms with Gasteiger partial charge in [0.15, 0.2) is 9.84 Å². The second kappa shape index (κ2) is 7.93. The highest BCUT2D eigenvalue weighted by Crippen LogP contribution is 2.18. The van der Waals surface area contributed by atoms with Crippen LogP contribution in [0.3, 0.4) is 0 Å². The Bertz CT molecular complexity index is 620. The van der Waals surface area contributed by atoms with Crippen LogP contribution in [-0.2, 0) is 9.84 Å². The minimum Gasteiger partial charge on any atom is -0.336 e. The first-order valence-electron chi connectivity index (χ1n) is 8.34. The largest absolute Gasteiger partial charge is 0.336 e. The highest BCUT2D eigenvalue weighted by atomic mass is 32.2. The van der Waals surface area contributed by atoms with Crippen molar-refractivity contribution in [1.82, 2.24) is 10.2 Å². The maximum absolute atomic E-state index is 12.8. The van der Waals surface area contributed by atoms with E-state index in [0.717, 1.165) is 38.9 Å². The summed E-state index contributed by atoms with van der Waals surface area (Å²) in [5.74, 6) is 0.0660. The molecular weight excluding hydrogens is 312 g/mol. The average molecular weight is 338 g/mol. The molecule has 23 heavy (non-hydrogen) atoms. The number of hydrogen-bond donors (Lipinski definition) is 1. The zero-order valence-electron chi connectivity index (χ0n) is 13.9. The van der Waals surface area contributed by atoms with Gasteiger partial charge in [-0.3, -0.25) is 4.79 Å². The van der Waals surface area contributed by atoms with Crippen LogP contribution in [0.25, 0.3) is 0 Å². The Labute approximate surface area is 139 Å². The fraction of sp³-hybridized carbons (Fsp3) is 0.588. The monoisotopic (exact) mass is 338 g/mol. The molecule has 1 fully saturated rings. The number of hydrogen-bond acceptors (Lipinski definition) is 4. The topological polar surface area (TPSA) is 66.5 Å². The number of piperidine rings is 1. The van der Waals surface area contributed by atoms with E-state index in [1.54, 1.807) is 31.2 Å². The predicted octanol–water partition coefficient (Wildman–Crippen LogP) is 2.08. The lowest BCUT2D eigenvalue weighted by Gasteiger charge is -2.34. The molecule has 1 N–H and O–H groups in total. The summed E-state index contributed by atoms with van der Waals surface area (Å²) in [5.41, 5.74) is 0.562. The van der Waals surface area contributed by atoms with Crippen molar-refractivity contribution in [1.29, 1.82) is 0 Å². The van der Waals surface area contributed by atoms with E-state index >= 15 is 0 Å². The molecule has 1 amide bonds. The van der Waals surface area contributed by atoms with Gasteiger partial charge in [-0.2, -0.15) is 0 Å². The van der Waals surface area contributed by atoms with Crippen molar-refractivity contribution >= 4 is 15.7 Å². The summed E-state index contributed by atoms with van der Waals surface area (Å²) < 4.78 is 23.7. The quantitative estimate of drug-likeness (QED) is 0.862. The van der Waals surface area contributed by atoms with E-state index in [-0.39, 0.29) is 22.6 Å². The molecule has 128 valence electrons. The lowest BCUT2D eigenvalue weighted by atomic mass is 10.0. The Morgan fingerprint density at radius 3 is 2.30 bits per heavy atom. The summed E-state index contributed by atoms with van der Waals surface area (Å²) >= 11 is 0.